The molecule has 1 aromatic carbocycles. The summed E-state index contributed by atoms with van der Waals surface area (Å²) in [5, 5.41) is 27.8. The highest BCUT2D eigenvalue weighted by molar-refractivity contribution is 5.53. The Morgan fingerprint density at radius 1 is 1.21 bits per heavy atom. The Morgan fingerprint density at radius 3 is 2.43 bits per heavy atom. The van der Waals surface area contributed by atoms with Crippen LogP contribution in [-0.2, 0) is 0 Å². The van der Waals surface area contributed by atoms with E-state index < -0.39 is 5.75 Å². The lowest BCUT2D eigenvalue weighted by atomic mass is 10.0. The van der Waals surface area contributed by atoms with E-state index in [4.69, 9.17) is 10.8 Å². The lowest BCUT2D eigenvalue weighted by molar-refractivity contribution is 0.362. The van der Waals surface area contributed by atoms with Crippen LogP contribution in [0.5, 0.6) is 17.2 Å². The van der Waals surface area contributed by atoms with E-state index in [-0.39, 0.29) is 17.5 Å². The van der Waals surface area contributed by atoms with Crippen LogP contribution in [0.2, 0.25) is 0 Å². The molecule has 78 valence electrons. The van der Waals surface area contributed by atoms with E-state index in [1.807, 2.05) is 6.92 Å². The molecular weight excluding hydrogens is 182 g/mol. The zero-order valence-electron chi connectivity index (χ0n) is 8.07. The van der Waals surface area contributed by atoms with Crippen molar-refractivity contribution in [1.82, 2.24) is 0 Å². The molecule has 1 aromatic rings. The van der Waals surface area contributed by atoms with Crippen LogP contribution in [0.25, 0.3) is 0 Å². The van der Waals surface area contributed by atoms with E-state index in [0.717, 1.165) is 12.8 Å². The SMILES string of the molecule is CCC[C@@H](N)c1ccc(O)c(O)c1O. The Bertz CT molecular complexity index is 325. The number of benzene rings is 1. The summed E-state index contributed by atoms with van der Waals surface area (Å²) in [6, 6.07) is 2.52. The molecular formula is C10H15NO3. The van der Waals surface area contributed by atoms with E-state index >= 15 is 0 Å². The van der Waals surface area contributed by atoms with Crippen molar-refractivity contribution < 1.29 is 15.3 Å². The van der Waals surface area contributed by atoms with Crippen LogP contribution < -0.4 is 5.73 Å². The predicted molar refractivity (Wildman–Crippen MR) is 53.3 cm³/mol. The number of hydrogen-bond donors (Lipinski definition) is 4. The molecule has 14 heavy (non-hydrogen) atoms. The highest BCUT2D eigenvalue weighted by atomic mass is 16.3. The number of phenols is 3. The molecule has 0 unspecified atom stereocenters. The van der Waals surface area contributed by atoms with Crippen LogP contribution in [0, 0.1) is 0 Å². The van der Waals surface area contributed by atoms with Gasteiger partial charge in [0, 0.05) is 11.6 Å². The van der Waals surface area contributed by atoms with Gasteiger partial charge in [-0.25, -0.2) is 0 Å². The minimum absolute atomic E-state index is 0.313. The van der Waals surface area contributed by atoms with Crippen molar-refractivity contribution >= 4 is 0 Å². The summed E-state index contributed by atoms with van der Waals surface area (Å²) in [6.45, 7) is 1.98. The maximum atomic E-state index is 9.49. The number of aromatic hydroxyl groups is 3. The molecule has 0 saturated carbocycles. The zero-order chi connectivity index (χ0) is 10.7. The largest absolute Gasteiger partial charge is 0.504 e. The molecule has 4 nitrogen and oxygen atoms in total. The first-order valence-electron chi connectivity index (χ1n) is 4.57. The summed E-state index contributed by atoms with van der Waals surface area (Å²) in [5.41, 5.74) is 6.23. The van der Waals surface area contributed by atoms with Crippen molar-refractivity contribution in [2.45, 2.75) is 25.8 Å². The van der Waals surface area contributed by atoms with Crippen molar-refractivity contribution in [2.75, 3.05) is 0 Å². The van der Waals surface area contributed by atoms with Crippen molar-refractivity contribution in [2.24, 2.45) is 5.73 Å². The number of rotatable bonds is 3. The van der Waals surface area contributed by atoms with Gasteiger partial charge in [-0.1, -0.05) is 13.3 Å². The van der Waals surface area contributed by atoms with E-state index in [9.17, 15) is 10.2 Å². The lowest BCUT2D eigenvalue weighted by Crippen LogP contribution is -2.09. The Balaban J connectivity index is 3.04. The molecule has 4 heteroatoms. The Morgan fingerprint density at radius 2 is 1.86 bits per heavy atom. The van der Waals surface area contributed by atoms with Gasteiger partial charge < -0.3 is 21.1 Å². The fourth-order valence-corrected chi connectivity index (χ4v) is 1.35. The first-order chi connectivity index (χ1) is 6.57. The van der Waals surface area contributed by atoms with Crippen LogP contribution in [-0.4, -0.2) is 15.3 Å². The van der Waals surface area contributed by atoms with Crippen LogP contribution in [0.3, 0.4) is 0 Å². The minimum Gasteiger partial charge on any atom is -0.504 e. The second kappa shape index (κ2) is 4.19. The molecule has 0 fully saturated rings. The van der Waals surface area contributed by atoms with Crippen molar-refractivity contribution in [1.29, 1.82) is 0 Å². The fourth-order valence-electron chi connectivity index (χ4n) is 1.35. The molecule has 1 rings (SSSR count). The Kier molecular flexibility index (Phi) is 3.19. The molecule has 0 aromatic heterocycles. The van der Waals surface area contributed by atoms with Gasteiger partial charge in [0.1, 0.15) is 0 Å². The van der Waals surface area contributed by atoms with Gasteiger partial charge in [0.15, 0.2) is 11.5 Å². The molecule has 0 aliphatic rings. The normalized spacial score (nSPS) is 12.7. The summed E-state index contributed by atoms with van der Waals surface area (Å²) in [7, 11) is 0. The third-order valence-corrected chi connectivity index (χ3v) is 2.16. The van der Waals surface area contributed by atoms with E-state index in [0.29, 0.717) is 5.56 Å². The van der Waals surface area contributed by atoms with Gasteiger partial charge in [0.05, 0.1) is 0 Å². The first-order valence-corrected chi connectivity index (χ1v) is 4.57. The Labute approximate surface area is 82.6 Å². The highest BCUT2D eigenvalue weighted by Gasteiger charge is 2.15. The number of phenolic OH excluding ortho intramolecular Hbond substituents is 3. The maximum Gasteiger partial charge on any atom is 0.200 e. The van der Waals surface area contributed by atoms with Gasteiger partial charge in [-0.05, 0) is 18.6 Å². The molecule has 0 bridgehead atoms. The molecule has 0 radical (unpaired) electrons. The second-order valence-corrected chi connectivity index (χ2v) is 3.27. The van der Waals surface area contributed by atoms with Gasteiger partial charge >= 0.3 is 0 Å². The minimum atomic E-state index is -0.506. The molecule has 5 N–H and O–H groups in total. The molecule has 0 saturated heterocycles. The molecule has 0 spiro atoms. The monoisotopic (exact) mass is 197 g/mol. The summed E-state index contributed by atoms with van der Waals surface area (Å²) >= 11 is 0. The topological polar surface area (TPSA) is 86.7 Å². The summed E-state index contributed by atoms with van der Waals surface area (Å²) in [5.74, 6) is -1.17. The quantitative estimate of drug-likeness (QED) is 0.554. The summed E-state index contributed by atoms with van der Waals surface area (Å²) in [4.78, 5) is 0. The zero-order valence-corrected chi connectivity index (χ0v) is 8.07. The average molecular weight is 197 g/mol. The van der Waals surface area contributed by atoms with E-state index in [2.05, 4.69) is 0 Å². The number of hydrogen-bond acceptors (Lipinski definition) is 4. The van der Waals surface area contributed by atoms with E-state index in [1.165, 1.54) is 12.1 Å². The summed E-state index contributed by atoms with van der Waals surface area (Å²) < 4.78 is 0. The predicted octanol–water partition coefficient (Wildman–Crippen LogP) is 1.60. The smallest absolute Gasteiger partial charge is 0.200 e. The van der Waals surface area contributed by atoms with Crippen molar-refractivity contribution in [3.05, 3.63) is 17.7 Å². The van der Waals surface area contributed by atoms with Crippen LogP contribution in [0.4, 0.5) is 0 Å². The molecule has 0 heterocycles. The third-order valence-electron chi connectivity index (χ3n) is 2.16. The molecule has 1 atom stereocenters. The maximum absolute atomic E-state index is 9.49. The molecule has 0 aliphatic carbocycles. The molecule has 0 amide bonds. The molecule has 0 aliphatic heterocycles. The Hall–Kier alpha value is -1.42. The first kappa shape index (κ1) is 10.7. The third kappa shape index (κ3) is 1.90. The van der Waals surface area contributed by atoms with Gasteiger partial charge in [0.2, 0.25) is 5.75 Å². The van der Waals surface area contributed by atoms with Gasteiger partial charge in [0.25, 0.3) is 0 Å². The average Bonchev–Trinajstić information content (AvgIpc) is 2.15. The fraction of sp³-hybridized carbons (Fsp3) is 0.400. The van der Waals surface area contributed by atoms with Gasteiger partial charge in [-0.15, -0.1) is 0 Å². The van der Waals surface area contributed by atoms with Crippen LogP contribution in [0.15, 0.2) is 12.1 Å². The van der Waals surface area contributed by atoms with Crippen LogP contribution in [0.1, 0.15) is 31.4 Å². The van der Waals surface area contributed by atoms with Crippen LogP contribution >= 0.6 is 0 Å². The van der Waals surface area contributed by atoms with E-state index in [1.54, 1.807) is 0 Å². The standard InChI is InChI=1S/C10H15NO3/c1-2-3-7(11)6-4-5-8(12)10(14)9(6)13/h4-5,7,12-14H,2-3,11H2,1H3/t7-/m1/s1. The van der Waals surface area contributed by atoms with Crippen molar-refractivity contribution in [3.8, 4) is 17.2 Å². The van der Waals surface area contributed by atoms with Gasteiger partial charge in [-0.3, -0.25) is 0 Å². The lowest BCUT2D eigenvalue weighted by Gasteiger charge is -2.13. The van der Waals surface area contributed by atoms with Crippen molar-refractivity contribution in [3.63, 3.8) is 0 Å². The second-order valence-electron chi connectivity index (χ2n) is 3.27. The summed E-state index contributed by atoms with van der Waals surface area (Å²) in [6.07, 6.45) is 1.61. The number of nitrogens with two attached hydrogens (primary N) is 1. The van der Waals surface area contributed by atoms with Gasteiger partial charge in [-0.2, -0.15) is 0 Å². The highest BCUT2D eigenvalue weighted by Crippen LogP contribution is 2.39.